The number of hydrogen-bond donors (Lipinski definition) is 1. The maximum Gasteiger partial charge on any atom is 0.270 e. The highest BCUT2D eigenvalue weighted by Gasteiger charge is 2.29. The second-order valence-electron chi connectivity index (χ2n) is 4.96. The first-order valence-electron chi connectivity index (χ1n) is 6.81. The van der Waals surface area contributed by atoms with Gasteiger partial charge >= 0.3 is 0 Å². The highest BCUT2D eigenvalue weighted by atomic mass is 16.6. The molecule has 0 saturated heterocycles. The van der Waals surface area contributed by atoms with Crippen molar-refractivity contribution in [1.29, 1.82) is 0 Å². The number of hydrazone groups is 1. The quantitative estimate of drug-likeness (QED) is 0.533. The van der Waals surface area contributed by atoms with Gasteiger partial charge in [-0.05, 0) is 5.56 Å². The standard InChI is InChI=1S/C16H13N3O3/c20-16(12-7-4-8-13(9-12)19(21)22)15-14(10-17-18-15)11-5-2-1-3-6-11/h1-9,14,17H,10H2/t14-/m0/s1. The minimum Gasteiger partial charge on any atom is -0.309 e. The Balaban J connectivity index is 1.91. The molecule has 0 unspecified atom stereocenters. The lowest BCUT2D eigenvalue weighted by molar-refractivity contribution is -0.384. The zero-order valence-electron chi connectivity index (χ0n) is 11.6. The molecule has 110 valence electrons. The highest BCUT2D eigenvalue weighted by Crippen LogP contribution is 2.23. The van der Waals surface area contributed by atoms with E-state index in [0.29, 0.717) is 12.3 Å². The minimum absolute atomic E-state index is 0.103. The maximum absolute atomic E-state index is 12.6. The highest BCUT2D eigenvalue weighted by molar-refractivity contribution is 6.48. The first-order valence-corrected chi connectivity index (χ1v) is 6.81. The number of ketones is 1. The number of nitro groups is 1. The first kappa shape index (κ1) is 13.9. The van der Waals surface area contributed by atoms with Crippen molar-refractivity contribution in [3.63, 3.8) is 0 Å². The number of carbonyl (C=O) groups is 1. The molecule has 0 spiro atoms. The Hall–Kier alpha value is -3.02. The Bertz CT molecular complexity index is 756. The molecule has 2 aromatic rings. The van der Waals surface area contributed by atoms with Crippen molar-refractivity contribution in [1.82, 2.24) is 5.43 Å². The Morgan fingerprint density at radius 2 is 1.95 bits per heavy atom. The zero-order chi connectivity index (χ0) is 15.5. The molecule has 0 bridgehead atoms. The topological polar surface area (TPSA) is 84.6 Å². The summed E-state index contributed by atoms with van der Waals surface area (Å²) in [7, 11) is 0. The van der Waals surface area contributed by atoms with Gasteiger partial charge in [-0.3, -0.25) is 14.9 Å². The van der Waals surface area contributed by atoms with E-state index in [1.807, 2.05) is 30.3 Å². The number of non-ortho nitro benzene ring substituents is 1. The average Bonchev–Trinajstić information content (AvgIpc) is 3.04. The fraction of sp³-hybridized carbons (Fsp3) is 0.125. The van der Waals surface area contributed by atoms with Crippen molar-refractivity contribution in [2.45, 2.75) is 5.92 Å². The predicted molar refractivity (Wildman–Crippen MR) is 82.0 cm³/mol. The summed E-state index contributed by atoms with van der Waals surface area (Å²) in [6.45, 7) is 0.542. The number of nitro benzene ring substituents is 1. The van der Waals surface area contributed by atoms with Gasteiger partial charge in [0.25, 0.3) is 5.69 Å². The maximum atomic E-state index is 12.6. The summed E-state index contributed by atoms with van der Waals surface area (Å²) in [4.78, 5) is 22.9. The third kappa shape index (κ3) is 2.58. The van der Waals surface area contributed by atoms with E-state index in [1.54, 1.807) is 6.07 Å². The molecule has 1 aliphatic heterocycles. The summed E-state index contributed by atoms with van der Waals surface area (Å²) in [5.41, 5.74) is 4.39. The molecule has 1 N–H and O–H groups in total. The number of benzene rings is 2. The Labute approximate surface area is 126 Å². The Kier molecular flexibility index (Phi) is 3.65. The number of carbonyl (C=O) groups excluding carboxylic acids is 1. The molecule has 1 atom stereocenters. The van der Waals surface area contributed by atoms with Crippen LogP contribution in [0.3, 0.4) is 0 Å². The van der Waals surface area contributed by atoms with Gasteiger partial charge in [0.15, 0.2) is 0 Å². The van der Waals surface area contributed by atoms with Gasteiger partial charge in [0.05, 0.1) is 10.8 Å². The third-order valence-corrected chi connectivity index (χ3v) is 3.58. The number of rotatable bonds is 4. The molecule has 3 rings (SSSR count). The van der Waals surface area contributed by atoms with Crippen LogP contribution in [0, 0.1) is 10.1 Å². The van der Waals surface area contributed by atoms with Gasteiger partial charge in [-0.15, -0.1) is 0 Å². The molecular weight excluding hydrogens is 282 g/mol. The van der Waals surface area contributed by atoms with Gasteiger partial charge in [0, 0.05) is 24.2 Å². The molecule has 6 nitrogen and oxygen atoms in total. The van der Waals surface area contributed by atoms with Crippen LogP contribution in [-0.4, -0.2) is 23.0 Å². The van der Waals surface area contributed by atoms with Crippen LogP contribution < -0.4 is 5.43 Å². The van der Waals surface area contributed by atoms with E-state index in [2.05, 4.69) is 10.5 Å². The monoisotopic (exact) mass is 295 g/mol. The number of hydrogen-bond acceptors (Lipinski definition) is 5. The molecule has 22 heavy (non-hydrogen) atoms. The van der Waals surface area contributed by atoms with Crippen LogP contribution in [0.25, 0.3) is 0 Å². The van der Waals surface area contributed by atoms with Crippen LogP contribution >= 0.6 is 0 Å². The number of Topliss-reactive ketones (excluding diaryl/α,β-unsaturated/α-hetero) is 1. The smallest absolute Gasteiger partial charge is 0.270 e. The van der Waals surface area contributed by atoms with Crippen LogP contribution in [-0.2, 0) is 0 Å². The molecule has 0 saturated carbocycles. The molecule has 0 aromatic heterocycles. The van der Waals surface area contributed by atoms with E-state index in [9.17, 15) is 14.9 Å². The van der Waals surface area contributed by atoms with Crippen LogP contribution in [0.2, 0.25) is 0 Å². The SMILES string of the molecule is O=C(C1=NNC[C@H]1c1ccccc1)c1cccc([N+](=O)[O-])c1. The summed E-state index contributed by atoms with van der Waals surface area (Å²) in [6.07, 6.45) is 0. The lowest BCUT2D eigenvalue weighted by Gasteiger charge is -2.11. The Morgan fingerprint density at radius 1 is 1.18 bits per heavy atom. The molecule has 1 heterocycles. The van der Waals surface area contributed by atoms with Crippen molar-refractivity contribution < 1.29 is 9.72 Å². The zero-order valence-corrected chi connectivity index (χ0v) is 11.6. The second-order valence-corrected chi connectivity index (χ2v) is 4.96. The molecule has 0 radical (unpaired) electrons. The fourth-order valence-corrected chi connectivity index (χ4v) is 2.48. The average molecular weight is 295 g/mol. The van der Waals surface area contributed by atoms with Gasteiger partial charge in [0.1, 0.15) is 5.71 Å². The fourth-order valence-electron chi connectivity index (χ4n) is 2.48. The predicted octanol–water partition coefficient (Wildman–Crippen LogP) is 2.52. The lowest BCUT2D eigenvalue weighted by Crippen LogP contribution is -2.21. The van der Waals surface area contributed by atoms with Crippen LogP contribution in [0.4, 0.5) is 5.69 Å². The minimum atomic E-state index is -0.514. The summed E-state index contributed by atoms with van der Waals surface area (Å²) in [6, 6.07) is 15.3. The molecular formula is C16H13N3O3. The van der Waals surface area contributed by atoms with Crippen molar-refractivity contribution in [2.24, 2.45) is 5.10 Å². The van der Waals surface area contributed by atoms with E-state index < -0.39 is 4.92 Å². The van der Waals surface area contributed by atoms with Gasteiger partial charge in [-0.2, -0.15) is 5.10 Å². The van der Waals surface area contributed by atoms with Crippen LogP contribution in [0.15, 0.2) is 59.7 Å². The normalized spacial score (nSPS) is 16.7. The molecule has 0 fully saturated rings. The van der Waals surface area contributed by atoms with Crippen molar-refractivity contribution in [3.8, 4) is 0 Å². The Morgan fingerprint density at radius 3 is 2.68 bits per heavy atom. The first-order chi connectivity index (χ1) is 10.7. The van der Waals surface area contributed by atoms with Crippen LogP contribution in [0.5, 0.6) is 0 Å². The largest absolute Gasteiger partial charge is 0.309 e. The van der Waals surface area contributed by atoms with Gasteiger partial charge in [-0.25, -0.2) is 0 Å². The van der Waals surface area contributed by atoms with Crippen molar-refractivity contribution in [2.75, 3.05) is 6.54 Å². The number of nitrogens with one attached hydrogen (secondary N) is 1. The van der Waals surface area contributed by atoms with E-state index in [4.69, 9.17) is 0 Å². The van der Waals surface area contributed by atoms with E-state index in [0.717, 1.165) is 5.56 Å². The molecule has 6 heteroatoms. The molecule has 1 aliphatic rings. The lowest BCUT2D eigenvalue weighted by atomic mass is 9.90. The van der Waals surface area contributed by atoms with Gasteiger partial charge in [-0.1, -0.05) is 42.5 Å². The molecule has 2 aromatic carbocycles. The molecule has 0 amide bonds. The van der Waals surface area contributed by atoms with Gasteiger partial charge in [0.2, 0.25) is 5.78 Å². The van der Waals surface area contributed by atoms with Crippen molar-refractivity contribution in [3.05, 3.63) is 75.8 Å². The van der Waals surface area contributed by atoms with Crippen LogP contribution in [0.1, 0.15) is 21.8 Å². The summed E-state index contributed by atoms with van der Waals surface area (Å²) in [5, 5.41) is 14.9. The van der Waals surface area contributed by atoms with E-state index in [1.165, 1.54) is 18.2 Å². The van der Waals surface area contributed by atoms with Gasteiger partial charge < -0.3 is 5.43 Å². The second kappa shape index (κ2) is 5.77. The van der Waals surface area contributed by atoms with E-state index in [-0.39, 0.29) is 23.0 Å². The number of nitrogens with zero attached hydrogens (tertiary/aromatic N) is 2. The molecule has 0 aliphatic carbocycles. The van der Waals surface area contributed by atoms with Crippen molar-refractivity contribution >= 4 is 17.2 Å². The summed E-state index contributed by atoms with van der Waals surface area (Å²) < 4.78 is 0. The van der Waals surface area contributed by atoms with E-state index >= 15 is 0 Å². The summed E-state index contributed by atoms with van der Waals surface area (Å²) in [5.74, 6) is -0.435. The third-order valence-electron chi connectivity index (χ3n) is 3.58. The summed E-state index contributed by atoms with van der Waals surface area (Å²) >= 11 is 0.